The van der Waals surface area contributed by atoms with Crippen LogP contribution in [0.1, 0.15) is 57.7 Å². The molecule has 3 aromatic rings. The van der Waals surface area contributed by atoms with E-state index in [1.165, 1.54) is 0 Å². The third-order valence-electron chi connectivity index (χ3n) is 6.36. The first kappa shape index (κ1) is 20.1. The van der Waals surface area contributed by atoms with Gasteiger partial charge in [-0.1, -0.05) is 30.3 Å². The summed E-state index contributed by atoms with van der Waals surface area (Å²) >= 11 is 0. The molecule has 1 spiro atoms. The molecular formula is C26H22N2O4. The van der Waals surface area contributed by atoms with Crippen molar-refractivity contribution < 1.29 is 19.1 Å². The van der Waals surface area contributed by atoms with Crippen LogP contribution in [0.4, 0.5) is 5.69 Å². The van der Waals surface area contributed by atoms with E-state index >= 15 is 0 Å². The number of nitrogens with zero attached hydrogens (tertiary/aromatic N) is 1. The molecule has 1 aliphatic heterocycles. The van der Waals surface area contributed by atoms with Gasteiger partial charge in [0, 0.05) is 28.9 Å². The Morgan fingerprint density at radius 3 is 2.31 bits per heavy atom. The van der Waals surface area contributed by atoms with Crippen molar-refractivity contribution >= 4 is 23.3 Å². The zero-order valence-electron chi connectivity index (χ0n) is 17.4. The van der Waals surface area contributed by atoms with Crippen LogP contribution in [-0.2, 0) is 15.1 Å². The predicted octanol–water partition coefficient (Wildman–Crippen LogP) is 4.51. The van der Waals surface area contributed by atoms with Crippen LogP contribution < -0.4 is 5.32 Å². The molecule has 1 aromatic heterocycles. The molecule has 160 valence electrons. The number of esters is 1. The molecule has 0 bridgehead atoms. The Balaban J connectivity index is 1.22. The number of carbonyl (C=O) groups excluding carboxylic acids is 3. The van der Waals surface area contributed by atoms with E-state index in [2.05, 4.69) is 10.3 Å². The molecule has 5 rings (SSSR count). The molecule has 2 aliphatic rings. The molecule has 6 heteroatoms. The highest BCUT2D eigenvalue weighted by atomic mass is 16.6. The lowest BCUT2D eigenvalue weighted by Crippen LogP contribution is -2.36. The van der Waals surface area contributed by atoms with Crippen molar-refractivity contribution in [2.75, 3.05) is 5.32 Å². The smallest absolute Gasteiger partial charge is 0.341 e. The van der Waals surface area contributed by atoms with Crippen LogP contribution in [0.25, 0.3) is 0 Å². The summed E-state index contributed by atoms with van der Waals surface area (Å²) in [7, 11) is 0. The first-order chi connectivity index (χ1) is 15.6. The second-order valence-corrected chi connectivity index (χ2v) is 8.32. The number of aromatic nitrogens is 1. The van der Waals surface area contributed by atoms with Crippen molar-refractivity contribution in [3.63, 3.8) is 0 Å². The summed E-state index contributed by atoms with van der Waals surface area (Å²) < 4.78 is 5.71. The quantitative estimate of drug-likeness (QED) is 0.490. The van der Waals surface area contributed by atoms with E-state index in [1.807, 2.05) is 18.2 Å². The Labute approximate surface area is 185 Å². The molecule has 1 aliphatic carbocycles. The normalized spacial score (nSPS) is 21.6. The summed E-state index contributed by atoms with van der Waals surface area (Å²) in [5.74, 6) is -0.618. The SMILES string of the molecule is O=C(c1ccccc1)c1ccc(NC(=O)[C@H]2CC[C@]3(CC2)OC(=O)c2cccnc23)cc1. The number of anilines is 1. The van der Waals surface area contributed by atoms with Gasteiger partial charge >= 0.3 is 5.97 Å². The first-order valence-electron chi connectivity index (χ1n) is 10.8. The zero-order chi connectivity index (χ0) is 22.1. The minimum Gasteiger partial charge on any atom is -0.449 e. The van der Waals surface area contributed by atoms with Crippen LogP contribution in [0.2, 0.25) is 0 Å². The largest absolute Gasteiger partial charge is 0.449 e. The summed E-state index contributed by atoms with van der Waals surface area (Å²) in [5, 5.41) is 2.95. The molecule has 1 fully saturated rings. The van der Waals surface area contributed by atoms with E-state index in [0.29, 0.717) is 53.8 Å². The van der Waals surface area contributed by atoms with E-state index in [1.54, 1.807) is 54.7 Å². The van der Waals surface area contributed by atoms with Gasteiger partial charge in [-0.25, -0.2) is 4.79 Å². The third-order valence-corrected chi connectivity index (χ3v) is 6.36. The average molecular weight is 426 g/mol. The molecule has 1 amide bonds. The van der Waals surface area contributed by atoms with Gasteiger partial charge in [-0.05, 0) is 62.1 Å². The third kappa shape index (κ3) is 3.58. The highest BCUT2D eigenvalue weighted by Gasteiger charge is 2.49. The van der Waals surface area contributed by atoms with Crippen molar-refractivity contribution in [3.05, 3.63) is 95.3 Å². The molecule has 2 aromatic carbocycles. The summed E-state index contributed by atoms with van der Waals surface area (Å²) in [6.07, 6.45) is 4.05. The highest BCUT2D eigenvalue weighted by Crippen LogP contribution is 2.47. The van der Waals surface area contributed by atoms with Crippen LogP contribution in [0.5, 0.6) is 0 Å². The lowest BCUT2D eigenvalue weighted by Gasteiger charge is -2.35. The lowest BCUT2D eigenvalue weighted by molar-refractivity contribution is -0.122. The molecule has 0 unspecified atom stereocenters. The standard InChI is InChI=1S/C26H22N2O4/c29-22(17-5-2-1-3-6-17)18-8-10-20(11-9-18)28-24(30)19-12-14-26(15-13-19)23-21(25(31)32-26)7-4-16-27-23/h1-11,16,19H,12-15H2,(H,28,30)/t19-,26+. The van der Waals surface area contributed by atoms with Gasteiger partial charge in [0.05, 0.1) is 11.3 Å². The van der Waals surface area contributed by atoms with Crippen molar-refractivity contribution in [2.45, 2.75) is 31.3 Å². The van der Waals surface area contributed by atoms with Gasteiger partial charge in [-0.2, -0.15) is 0 Å². The summed E-state index contributed by atoms with van der Waals surface area (Å²) in [4.78, 5) is 41.9. The van der Waals surface area contributed by atoms with E-state index < -0.39 is 5.60 Å². The van der Waals surface area contributed by atoms with Crippen LogP contribution >= 0.6 is 0 Å². The number of hydrogen-bond donors (Lipinski definition) is 1. The predicted molar refractivity (Wildman–Crippen MR) is 118 cm³/mol. The summed E-state index contributed by atoms with van der Waals surface area (Å²) in [6, 6.07) is 19.5. The second kappa shape index (κ2) is 8.04. The maximum atomic E-state index is 12.8. The van der Waals surface area contributed by atoms with Crippen molar-refractivity contribution in [1.82, 2.24) is 4.98 Å². The molecular weight excluding hydrogens is 404 g/mol. The van der Waals surface area contributed by atoms with Crippen LogP contribution in [0, 0.1) is 5.92 Å². The molecule has 1 N–H and O–H groups in total. The Bertz CT molecular complexity index is 1180. The van der Waals surface area contributed by atoms with Gasteiger partial charge in [0.2, 0.25) is 5.91 Å². The lowest BCUT2D eigenvalue weighted by atomic mass is 9.76. The number of pyridine rings is 1. The number of ether oxygens (including phenoxy) is 1. The Kier molecular flexibility index (Phi) is 5.05. The van der Waals surface area contributed by atoms with E-state index in [-0.39, 0.29) is 23.6 Å². The molecule has 6 nitrogen and oxygen atoms in total. The molecule has 2 heterocycles. The van der Waals surface area contributed by atoms with Gasteiger partial charge in [0.1, 0.15) is 0 Å². The molecule has 0 radical (unpaired) electrons. The Morgan fingerprint density at radius 1 is 0.906 bits per heavy atom. The summed E-state index contributed by atoms with van der Waals surface area (Å²) in [5.41, 5.74) is 2.37. The number of ketones is 1. The number of fused-ring (bicyclic) bond motifs is 2. The zero-order valence-corrected chi connectivity index (χ0v) is 17.4. The Hall–Kier alpha value is -3.80. The number of carbonyl (C=O) groups is 3. The monoisotopic (exact) mass is 426 g/mol. The maximum absolute atomic E-state index is 12.8. The molecule has 32 heavy (non-hydrogen) atoms. The van der Waals surface area contributed by atoms with Crippen LogP contribution in [0.3, 0.4) is 0 Å². The first-order valence-corrected chi connectivity index (χ1v) is 10.8. The van der Waals surface area contributed by atoms with Gasteiger partial charge in [-0.15, -0.1) is 0 Å². The van der Waals surface area contributed by atoms with Crippen molar-refractivity contribution in [1.29, 1.82) is 0 Å². The second-order valence-electron chi connectivity index (χ2n) is 8.32. The Morgan fingerprint density at radius 2 is 1.59 bits per heavy atom. The van der Waals surface area contributed by atoms with Gasteiger partial charge in [-0.3, -0.25) is 14.6 Å². The number of amides is 1. The highest BCUT2D eigenvalue weighted by molar-refractivity contribution is 6.09. The molecule has 0 saturated heterocycles. The number of benzene rings is 2. The molecule has 0 atom stereocenters. The minimum absolute atomic E-state index is 0.0546. The van der Waals surface area contributed by atoms with E-state index in [0.717, 1.165) is 0 Å². The van der Waals surface area contributed by atoms with Crippen LogP contribution in [0.15, 0.2) is 72.9 Å². The number of rotatable bonds is 4. The van der Waals surface area contributed by atoms with Crippen LogP contribution in [-0.4, -0.2) is 22.6 Å². The minimum atomic E-state index is -0.704. The fraction of sp³-hybridized carbons (Fsp3) is 0.231. The average Bonchev–Trinajstić information content (AvgIpc) is 3.11. The van der Waals surface area contributed by atoms with Crippen molar-refractivity contribution in [2.24, 2.45) is 5.92 Å². The van der Waals surface area contributed by atoms with Gasteiger partial charge in [0.15, 0.2) is 11.4 Å². The van der Waals surface area contributed by atoms with E-state index in [9.17, 15) is 14.4 Å². The number of nitrogens with one attached hydrogen (secondary N) is 1. The number of hydrogen-bond acceptors (Lipinski definition) is 5. The maximum Gasteiger partial charge on any atom is 0.341 e. The summed E-state index contributed by atoms with van der Waals surface area (Å²) in [6.45, 7) is 0. The van der Waals surface area contributed by atoms with E-state index in [4.69, 9.17) is 4.74 Å². The molecule has 1 saturated carbocycles. The van der Waals surface area contributed by atoms with Gasteiger partial charge < -0.3 is 10.1 Å². The van der Waals surface area contributed by atoms with Crippen molar-refractivity contribution in [3.8, 4) is 0 Å². The topological polar surface area (TPSA) is 85.4 Å². The van der Waals surface area contributed by atoms with Gasteiger partial charge in [0.25, 0.3) is 0 Å². The fourth-order valence-corrected chi connectivity index (χ4v) is 4.60. The fourth-order valence-electron chi connectivity index (χ4n) is 4.60.